The van der Waals surface area contributed by atoms with Gasteiger partial charge in [0.15, 0.2) is 5.79 Å². The van der Waals surface area contributed by atoms with Crippen molar-refractivity contribution in [2.45, 2.75) is 57.9 Å². The molecular weight excluding hydrogens is 365 g/mol. The predicted molar refractivity (Wildman–Crippen MR) is 94.4 cm³/mol. The molecule has 10 heteroatoms. The zero-order chi connectivity index (χ0) is 20.1. The van der Waals surface area contributed by atoms with Crippen LogP contribution in [0.3, 0.4) is 0 Å². The van der Waals surface area contributed by atoms with Gasteiger partial charge >= 0.3 is 13.6 Å². The fourth-order valence-corrected chi connectivity index (χ4v) is 4.19. The number of carbonyl (C=O) groups is 1. The van der Waals surface area contributed by atoms with E-state index in [4.69, 9.17) is 29.0 Å². The molecule has 0 radical (unpaired) electrons. The molecular formula is C16H32NO8P. The number of hydrogen-bond acceptors (Lipinski definition) is 9. The molecule has 5 atom stereocenters. The zero-order valence-corrected chi connectivity index (χ0v) is 17.2. The van der Waals surface area contributed by atoms with Gasteiger partial charge in [-0.25, -0.2) is 4.79 Å². The van der Waals surface area contributed by atoms with Gasteiger partial charge in [0.05, 0.1) is 19.3 Å². The first kappa shape index (κ1) is 23.5. The Hall–Kier alpha value is -0.540. The van der Waals surface area contributed by atoms with Crippen molar-refractivity contribution in [2.75, 3.05) is 27.4 Å². The van der Waals surface area contributed by atoms with E-state index in [-0.39, 0.29) is 37.2 Å². The van der Waals surface area contributed by atoms with Gasteiger partial charge in [-0.2, -0.15) is 0 Å². The van der Waals surface area contributed by atoms with Crippen molar-refractivity contribution in [2.24, 2.45) is 17.6 Å². The Labute approximate surface area is 155 Å². The van der Waals surface area contributed by atoms with E-state index in [0.717, 1.165) is 0 Å². The van der Waals surface area contributed by atoms with Crippen molar-refractivity contribution < 1.29 is 37.7 Å². The summed E-state index contributed by atoms with van der Waals surface area (Å²) in [5.41, 5.74) is 6.12. The van der Waals surface area contributed by atoms with Crippen molar-refractivity contribution in [3.8, 4) is 0 Å². The molecule has 1 saturated carbocycles. The summed E-state index contributed by atoms with van der Waals surface area (Å²) >= 11 is 0. The Morgan fingerprint density at radius 1 is 1.35 bits per heavy atom. The van der Waals surface area contributed by atoms with Gasteiger partial charge in [-0.05, 0) is 33.1 Å². The molecule has 0 saturated heterocycles. The molecule has 1 fully saturated rings. The minimum Gasteiger partial charge on any atom is -0.464 e. The number of hydrogen-bond donors (Lipinski definition) is 2. The van der Waals surface area contributed by atoms with Crippen molar-refractivity contribution in [3.05, 3.63) is 0 Å². The van der Waals surface area contributed by atoms with Crippen LogP contribution >= 0.6 is 7.60 Å². The van der Waals surface area contributed by atoms with Crippen LogP contribution in [0.4, 0.5) is 0 Å². The maximum atomic E-state index is 12.6. The second-order valence-electron chi connectivity index (χ2n) is 6.89. The lowest BCUT2D eigenvalue weighted by Gasteiger charge is -2.31. The highest BCUT2D eigenvalue weighted by molar-refractivity contribution is 7.55. The van der Waals surface area contributed by atoms with Gasteiger partial charge in [0.25, 0.3) is 5.85 Å². The molecule has 0 spiro atoms. The SMILES string of the molecule is CCOC(=O)C(OCC1CC(N)C(C)C1OC(C)(C)O)P(=O)(OC)OC. The lowest BCUT2D eigenvalue weighted by atomic mass is 10.0. The van der Waals surface area contributed by atoms with Crippen molar-refractivity contribution in [1.82, 2.24) is 0 Å². The summed E-state index contributed by atoms with van der Waals surface area (Å²) in [4.78, 5) is 12.2. The Morgan fingerprint density at radius 2 is 1.92 bits per heavy atom. The van der Waals surface area contributed by atoms with Crippen LogP contribution < -0.4 is 5.73 Å². The van der Waals surface area contributed by atoms with E-state index in [1.54, 1.807) is 6.92 Å². The Balaban J connectivity index is 2.91. The number of rotatable bonds is 10. The normalized spacial score (nSPS) is 28.2. The summed E-state index contributed by atoms with van der Waals surface area (Å²) in [5, 5.41) is 9.98. The van der Waals surface area contributed by atoms with Crippen LogP contribution in [-0.2, 0) is 32.6 Å². The molecule has 0 heterocycles. The van der Waals surface area contributed by atoms with Gasteiger partial charge < -0.3 is 34.1 Å². The highest BCUT2D eigenvalue weighted by atomic mass is 31.2. The molecule has 1 rings (SSSR count). The van der Waals surface area contributed by atoms with E-state index in [9.17, 15) is 14.5 Å². The molecule has 3 N–H and O–H groups in total. The minimum atomic E-state index is -3.84. The summed E-state index contributed by atoms with van der Waals surface area (Å²) < 4.78 is 38.7. The van der Waals surface area contributed by atoms with Crippen LogP contribution in [0.25, 0.3) is 0 Å². The first-order chi connectivity index (χ1) is 12.0. The molecule has 9 nitrogen and oxygen atoms in total. The van der Waals surface area contributed by atoms with E-state index in [1.165, 1.54) is 28.1 Å². The number of aliphatic hydroxyl groups is 1. The lowest BCUT2D eigenvalue weighted by molar-refractivity contribution is -0.224. The van der Waals surface area contributed by atoms with Gasteiger partial charge in [-0.3, -0.25) is 4.57 Å². The maximum Gasteiger partial charge on any atom is 0.370 e. The monoisotopic (exact) mass is 397 g/mol. The third-order valence-corrected chi connectivity index (χ3v) is 6.36. The number of ether oxygens (including phenoxy) is 3. The molecule has 0 bridgehead atoms. The molecule has 0 aliphatic heterocycles. The van der Waals surface area contributed by atoms with Gasteiger partial charge in [0, 0.05) is 26.2 Å². The molecule has 0 aromatic rings. The molecule has 154 valence electrons. The molecule has 0 aromatic carbocycles. The van der Waals surface area contributed by atoms with E-state index < -0.39 is 25.2 Å². The molecule has 26 heavy (non-hydrogen) atoms. The Kier molecular flexibility index (Phi) is 8.67. The molecule has 1 aliphatic rings. The third-order valence-electron chi connectivity index (χ3n) is 4.41. The van der Waals surface area contributed by atoms with Crippen LogP contribution in [0.15, 0.2) is 0 Å². The fourth-order valence-electron chi connectivity index (χ4n) is 3.05. The first-order valence-corrected chi connectivity index (χ1v) is 10.3. The van der Waals surface area contributed by atoms with Gasteiger partial charge in [-0.15, -0.1) is 0 Å². The summed E-state index contributed by atoms with van der Waals surface area (Å²) in [6.45, 7) is 6.75. The zero-order valence-electron chi connectivity index (χ0n) is 16.3. The summed E-state index contributed by atoms with van der Waals surface area (Å²) in [6.07, 6.45) is 0.194. The topological polar surface area (TPSA) is 127 Å². The highest BCUT2D eigenvalue weighted by Crippen LogP contribution is 2.53. The van der Waals surface area contributed by atoms with Crippen LogP contribution in [0.2, 0.25) is 0 Å². The van der Waals surface area contributed by atoms with Crippen LogP contribution in [0.5, 0.6) is 0 Å². The average Bonchev–Trinajstić information content (AvgIpc) is 2.81. The molecule has 5 unspecified atom stereocenters. The Morgan fingerprint density at radius 3 is 2.38 bits per heavy atom. The van der Waals surface area contributed by atoms with E-state index in [1.807, 2.05) is 6.92 Å². The number of esters is 1. The number of nitrogens with two attached hydrogens (primary N) is 1. The van der Waals surface area contributed by atoms with Crippen LogP contribution in [0.1, 0.15) is 34.1 Å². The highest BCUT2D eigenvalue weighted by Gasteiger charge is 2.46. The quantitative estimate of drug-likeness (QED) is 0.320. The van der Waals surface area contributed by atoms with Crippen molar-refractivity contribution in [1.29, 1.82) is 0 Å². The second-order valence-corrected chi connectivity index (χ2v) is 9.17. The van der Waals surface area contributed by atoms with Gasteiger partial charge in [0.2, 0.25) is 0 Å². The summed E-state index contributed by atoms with van der Waals surface area (Å²) in [5.74, 6) is -3.89. The van der Waals surface area contributed by atoms with Crippen LogP contribution in [-0.4, -0.2) is 62.3 Å². The maximum absolute atomic E-state index is 12.6. The van der Waals surface area contributed by atoms with Gasteiger partial charge in [0.1, 0.15) is 0 Å². The smallest absolute Gasteiger partial charge is 0.370 e. The third kappa shape index (κ3) is 5.99. The van der Waals surface area contributed by atoms with E-state index >= 15 is 0 Å². The van der Waals surface area contributed by atoms with E-state index in [0.29, 0.717) is 6.42 Å². The standard InChI is InChI=1S/C16H32NO8P/c1-7-23-14(18)15(26(20,21-5)22-6)24-9-11-8-12(17)10(2)13(11)25-16(3,4)19/h10-13,15,19H,7-9,17H2,1-6H3. The summed E-state index contributed by atoms with van der Waals surface area (Å²) in [6, 6.07) is -0.145. The van der Waals surface area contributed by atoms with Crippen LogP contribution in [0, 0.1) is 11.8 Å². The largest absolute Gasteiger partial charge is 0.464 e. The Bertz CT molecular complexity index is 501. The predicted octanol–water partition coefficient (Wildman–Crippen LogP) is 1.48. The first-order valence-electron chi connectivity index (χ1n) is 8.64. The van der Waals surface area contributed by atoms with Crippen molar-refractivity contribution >= 4 is 13.6 Å². The minimum absolute atomic E-state index is 0.0206. The van der Waals surface area contributed by atoms with Crippen molar-refractivity contribution in [3.63, 3.8) is 0 Å². The fraction of sp³-hybridized carbons (Fsp3) is 0.938. The second kappa shape index (κ2) is 9.59. The lowest BCUT2D eigenvalue weighted by Crippen LogP contribution is -2.39. The molecule has 1 aliphatic carbocycles. The molecule has 0 amide bonds. The average molecular weight is 397 g/mol. The molecule has 0 aromatic heterocycles. The number of carbonyl (C=O) groups excluding carboxylic acids is 1. The van der Waals surface area contributed by atoms with E-state index in [2.05, 4.69) is 0 Å². The van der Waals surface area contributed by atoms with Gasteiger partial charge in [-0.1, -0.05) is 6.92 Å². The summed E-state index contributed by atoms with van der Waals surface area (Å²) in [7, 11) is -1.49.